The van der Waals surface area contributed by atoms with Crippen molar-refractivity contribution in [1.29, 1.82) is 0 Å². The third-order valence-corrected chi connectivity index (χ3v) is 7.68. The predicted octanol–water partition coefficient (Wildman–Crippen LogP) is 5.04. The largest absolute Gasteiger partial charge is 0.489 e. The molecule has 0 aliphatic heterocycles. The van der Waals surface area contributed by atoms with Gasteiger partial charge in [0.25, 0.3) is 5.91 Å². The number of ether oxygens (including phenoxy) is 1. The molecule has 12 heteroatoms. The van der Waals surface area contributed by atoms with Gasteiger partial charge in [0, 0.05) is 13.0 Å². The number of Topliss-reactive ketones (excluding diaryl/α,β-unsaturated/α-hetero) is 1. The highest BCUT2D eigenvalue weighted by molar-refractivity contribution is 6.11. The van der Waals surface area contributed by atoms with Gasteiger partial charge in [0.05, 0.1) is 12.1 Å². The molecule has 3 aromatic carbocycles. The van der Waals surface area contributed by atoms with Gasteiger partial charge in [0.1, 0.15) is 24.7 Å². The van der Waals surface area contributed by atoms with E-state index in [0.717, 1.165) is 10.5 Å². The van der Waals surface area contributed by atoms with E-state index in [1.54, 1.807) is 56.3 Å². The van der Waals surface area contributed by atoms with Crippen LogP contribution in [0.3, 0.4) is 0 Å². The van der Waals surface area contributed by atoms with Crippen LogP contribution in [-0.2, 0) is 38.8 Å². The fraction of sp³-hybridized carbons (Fsp3) is 0.361. The standard InChI is InChI=1S/C36H41F2N3O7/c1-23(2)30(21-42)40-34(45)36(37,38)32(43)29(19-25-15-17-28(18-16-25)48-22-27-13-9-6-10-14-27)39-33(44)31(24(3)4)41(35(46)47)20-26-11-7-5-8-12-26/h5-18,21,23-24,29-31H,19-20,22H2,1-4H3,(H,39,44)(H,40,45)(H,46,47)/t29-,30?,31-/m0/s1. The van der Waals surface area contributed by atoms with Crippen molar-refractivity contribution in [2.75, 3.05) is 0 Å². The van der Waals surface area contributed by atoms with E-state index in [-0.39, 0.29) is 13.2 Å². The Hall–Kier alpha value is -5.13. The van der Waals surface area contributed by atoms with Crippen LogP contribution in [0.15, 0.2) is 84.9 Å². The van der Waals surface area contributed by atoms with Gasteiger partial charge in [-0.15, -0.1) is 0 Å². The number of rotatable bonds is 17. The summed E-state index contributed by atoms with van der Waals surface area (Å²) in [7, 11) is 0. The van der Waals surface area contributed by atoms with Crippen LogP contribution in [0, 0.1) is 11.8 Å². The van der Waals surface area contributed by atoms with E-state index >= 15 is 8.78 Å². The van der Waals surface area contributed by atoms with Crippen molar-refractivity contribution in [2.45, 2.75) is 71.3 Å². The van der Waals surface area contributed by atoms with Gasteiger partial charge in [-0.05, 0) is 40.7 Å². The lowest BCUT2D eigenvalue weighted by Gasteiger charge is -2.33. The molecule has 3 N–H and O–H groups in total. The average Bonchev–Trinajstić information content (AvgIpc) is 3.06. The van der Waals surface area contributed by atoms with Crippen LogP contribution in [0.1, 0.15) is 44.4 Å². The lowest BCUT2D eigenvalue weighted by molar-refractivity contribution is -0.161. The van der Waals surface area contributed by atoms with Crippen molar-refractivity contribution in [3.63, 3.8) is 0 Å². The first-order chi connectivity index (χ1) is 22.7. The molecular formula is C36H41F2N3O7. The van der Waals surface area contributed by atoms with E-state index in [2.05, 4.69) is 5.32 Å². The summed E-state index contributed by atoms with van der Waals surface area (Å²) in [5.41, 5.74) is 1.86. The number of hydrogen-bond donors (Lipinski definition) is 3. The van der Waals surface area contributed by atoms with E-state index in [0.29, 0.717) is 23.2 Å². The van der Waals surface area contributed by atoms with Gasteiger partial charge < -0.3 is 25.3 Å². The van der Waals surface area contributed by atoms with Crippen molar-refractivity contribution in [2.24, 2.45) is 11.8 Å². The molecule has 0 aliphatic carbocycles. The molecule has 256 valence electrons. The maximum absolute atomic E-state index is 15.5. The number of nitrogens with zero attached hydrogens (tertiary/aromatic N) is 1. The summed E-state index contributed by atoms with van der Waals surface area (Å²) >= 11 is 0. The van der Waals surface area contributed by atoms with Crippen molar-refractivity contribution in [3.05, 3.63) is 102 Å². The molecule has 0 heterocycles. The molecule has 3 atom stereocenters. The molecule has 3 amide bonds. The number of alkyl halides is 2. The van der Waals surface area contributed by atoms with Crippen molar-refractivity contribution < 1.29 is 42.6 Å². The smallest absolute Gasteiger partial charge is 0.408 e. The highest BCUT2D eigenvalue weighted by atomic mass is 19.3. The molecule has 0 aromatic heterocycles. The molecule has 3 aromatic rings. The van der Waals surface area contributed by atoms with E-state index in [1.165, 1.54) is 26.0 Å². The van der Waals surface area contributed by atoms with Crippen LogP contribution in [0.4, 0.5) is 13.6 Å². The Bertz CT molecular complexity index is 1530. The summed E-state index contributed by atoms with van der Waals surface area (Å²) in [6.07, 6.45) is -1.59. The van der Waals surface area contributed by atoms with Crippen molar-refractivity contribution in [1.82, 2.24) is 15.5 Å². The van der Waals surface area contributed by atoms with Crippen LogP contribution in [0.25, 0.3) is 0 Å². The molecular weight excluding hydrogens is 624 g/mol. The molecule has 0 aliphatic rings. The van der Waals surface area contributed by atoms with Gasteiger partial charge in [-0.25, -0.2) is 4.79 Å². The number of carbonyl (C=O) groups is 5. The van der Waals surface area contributed by atoms with Crippen molar-refractivity contribution in [3.8, 4) is 5.75 Å². The highest BCUT2D eigenvalue weighted by Gasteiger charge is 2.51. The number of halogens is 2. The number of amides is 3. The van der Waals surface area contributed by atoms with Gasteiger partial charge >= 0.3 is 12.0 Å². The zero-order valence-corrected chi connectivity index (χ0v) is 27.3. The van der Waals surface area contributed by atoms with E-state index in [9.17, 15) is 29.1 Å². The normalized spacial score (nSPS) is 13.2. The summed E-state index contributed by atoms with van der Waals surface area (Å²) in [4.78, 5) is 64.4. The SMILES string of the molecule is CC(C)C(C=O)NC(=O)C(F)(F)C(=O)[C@H](Cc1ccc(OCc2ccccc2)cc1)NC(=O)[C@H](C(C)C)N(Cc1ccccc1)C(=O)O. The first-order valence-corrected chi connectivity index (χ1v) is 15.5. The summed E-state index contributed by atoms with van der Waals surface area (Å²) in [5.74, 6) is -10.2. The lowest BCUT2D eigenvalue weighted by atomic mass is 9.95. The molecule has 48 heavy (non-hydrogen) atoms. The summed E-state index contributed by atoms with van der Waals surface area (Å²) < 4.78 is 36.7. The minimum atomic E-state index is -4.64. The lowest BCUT2D eigenvalue weighted by Crippen LogP contribution is -2.60. The average molecular weight is 666 g/mol. The minimum absolute atomic E-state index is 0.184. The number of aldehydes is 1. The van der Waals surface area contributed by atoms with Crippen LogP contribution >= 0.6 is 0 Å². The maximum Gasteiger partial charge on any atom is 0.408 e. The number of hydrogen-bond acceptors (Lipinski definition) is 6. The number of carbonyl (C=O) groups excluding carboxylic acids is 4. The third kappa shape index (κ3) is 10.2. The Morgan fingerprint density at radius 2 is 1.38 bits per heavy atom. The number of ketones is 1. The van der Waals surface area contributed by atoms with Crippen LogP contribution in [0.5, 0.6) is 5.75 Å². The summed E-state index contributed by atoms with van der Waals surface area (Å²) in [6, 6.07) is 19.5. The highest BCUT2D eigenvalue weighted by Crippen LogP contribution is 2.23. The Morgan fingerprint density at radius 1 is 0.812 bits per heavy atom. The van der Waals surface area contributed by atoms with E-state index in [4.69, 9.17) is 4.74 Å². The predicted molar refractivity (Wildman–Crippen MR) is 174 cm³/mol. The second kappa shape index (κ2) is 17.1. The van der Waals surface area contributed by atoms with Gasteiger partial charge in [-0.3, -0.25) is 19.3 Å². The third-order valence-electron chi connectivity index (χ3n) is 7.68. The summed E-state index contributed by atoms with van der Waals surface area (Å²) in [5, 5.41) is 14.3. The molecule has 0 spiro atoms. The summed E-state index contributed by atoms with van der Waals surface area (Å²) in [6.45, 7) is 6.33. The van der Waals surface area contributed by atoms with Crippen LogP contribution in [0.2, 0.25) is 0 Å². The monoisotopic (exact) mass is 665 g/mol. The first-order valence-electron chi connectivity index (χ1n) is 15.5. The number of benzene rings is 3. The Morgan fingerprint density at radius 3 is 1.88 bits per heavy atom. The Balaban J connectivity index is 1.90. The molecule has 0 radical (unpaired) electrons. The van der Waals surface area contributed by atoms with Crippen LogP contribution < -0.4 is 15.4 Å². The maximum atomic E-state index is 15.5. The van der Waals surface area contributed by atoms with Crippen molar-refractivity contribution >= 4 is 30.0 Å². The molecule has 1 unspecified atom stereocenters. The molecule has 0 bridgehead atoms. The van der Waals surface area contributed by atoms with Gasteiger partial charge in [-0.2, -0.15) is 8.78 Å². The quantitative estimate of drug-likeness (QED) is 0.136. The Labute approximate surface area is 278 Å². The van der Waals surface area contributed by atoms with Gasteiger partial charge in [-0.1, -0.05) is 100 Å². The Kier molecular flexibility index (Phi) is 13.3. The zero-order valence-electron chi connectivity index (χ0n) is 27.3. The second-order valence-electron chi connectivity index (χ2n) is 12.1. The second-order valence-corrected chi connectivity index (χ2v) is 12.1. The molecule has 0 saturated carbocycles. The topological polar surface area (TPSA) is 142 Å². The number of nitrogens with one attached hydrogen (secondary N) is 2. The number of carboxylic acid groups (broad SMARTS) is 1. The molecule has 10 nitrogen and oxygen atoms in total. The van der Waals surface area contributed by atoms with Crippen LogP contribution in [-0.4, -0.2) is 64.0 Å². The minimum Gasteiger partial charge on any atom is -0.489 e. The van der Waals surface area contributed by atoms with Gasteiger partial charge in [0.15, 0.2) is 0 Å². The fourth-order valence-electron chi connectivity index (χ4n) is 4.96. The van der Waals surface area contributed by atoms with Gasteiger partial charge in [0.2, 0.25) is 11.7 Å². The molecule has 0 saturated heterocycles. The van der Waals surface area contributed by atoms with E-state index in [1.807, 2.05) is 35.6 Å². The molecule has 0 fully saturated rings. The molecule has 3 rings (SSSR count). The zero-order chi connectivity index (χ0) is 35.4. The van der Waals surface area contributed by atoms with E-state index < -0.39 is 66.0 Å². The first kappa shape index (κ1) is 37.3. The fourth-order valence-corrected chi connectivity index (χ4v) is 4.96.